The van der Waals surface area contributed by atoms with E-state index in [-0.39, 0.29) is 0 Å². The highest BCUT2D eigenvalue weighted by molar-refractivity contribution is 5.81. The first-order chi connectivity index (χ1) is 6.29. The van der Waals surface area contributed by atoms with E-state index in [0.29, 0.717) is 0 Å². The normalized spacial score (nSPS) is 10.2. The van der Waals surface area contributed by atoms with E-state index < -0.39 is 0 Å². The summed E-state index contributed by atoms with van der Waals surface area (Å²) in [6, 6.07) is 10.3. The number of benzene rings is 1. The van der Waals surface area contributed by atoms with Gasteiger partial charge in [0.25, 0.3) is 0 Å². The molecule has 0 aliphatic rings. The summed E-state index contributed by atoms with van der Waals surface area (Å²) in [4.78, 5) is 4.44. The van der Waals surface area contributed by atoms with Crippen molar-refractivity contribution in [3.63, 3.8) is 0 Å². The molecule has 0 amide bonds. The Morgan fingerprint density at radius 2 is 2.00 bits per heavy atom. The number of rotatable bonds is 1. The molecule has 2 rings (SSSR count). The minimum atomic E-state index is 1.04. The zero-order chi connectivity index (χ0) is 9.26. The van der Waals surface area contributed by atoms with Gasteiger partial charge in [-0.15, -0.1) is 0 Å². The highest BCUT2D eigenvalue weighted by Gasteiger charge is 1.95. The zero-order valence-electron chi connectivity index (χ0n) is 7.62. The SMILES string of the molecule is C=Cc1ccc2ccc(C)nc2c1. The quantitative estimate of drug-likeness (QED) is 0.638. The Balaban J connectivity index is 2.74. The molecule has 0 aliphatic heterocycles. The molecule has 1 aromatic carbocycles. The van der Waals surface area contributed by atoms with Crippen LogP contribution in [0.1, 0.15) is 11.3 Å². The molecule has 0 N–H and O–H groups in total. The number of aryl methyl sites for hydroxylation is 1. The van der Waals surface area contributed by atoms with Crippen molar-refractivity contribution in [2.24, 2.45) is 0 Å². The van der Waals surface area contributed by atoms with Gasteiger partial charge in [0.1, 0.15) is 0 Å². The van der Waals surface area contributed by atoms with Gasteiger partial charge in [-0.05, 0) is 24.6 Å². The van der Waals surface area contributed by atoms with E-state index in [4.69, 9.17) is 0 Å². The maximum Gasteiger partial charge on any atom is 0.0711 e. The first-order valence-electron chi connectivity index (χ1n) is 4.29. The van der Waals surface area contributed by atoms with Crippen LogP contribution in [0.5, 0.6) is 0 Å². The summed E-state index contributed by atoms with van der Waals surface area (Å²) in [5, 5.41) is 1.18. The van der Waals surface area contributed by atoms with Crippen LogP contribution in [0.3, 0.4) is 0 Å². The lowest BCUT2D eigenvalue weighted by atomic mass is 10.1. The Labute approximate surface area is 77.7 Å². The van der Waals surface area contributed by atoms with Gasteiger partial charge in [-0.25, -0.2) is 0 Å². The van der Waals surface area contributed by atoms with E-state index in [1.807, 2.05) is 25.1 Å². The van der Waals surface area contributed by atoms with E-state index in [2.05, 4.69) is 29.8 Å². The van der Waals surface area contributed by atoms with E-state index in [0.717, 1.165) is 16.8 Å². The van der Waals surface area contributed by atoms with Crippen molar-refractivity contribution in [2.45, 2.75) is 6.92 Å². The molecule has 1 aromatic heterocycles. The second kappa shape index (κ2) is 3.02. The van der Waals surface area contributed by atoms with E-state index >= 15 is 0 Å². The lowest BCUT2D eigenvalue weighted by Crippen LogP contribution is -1.83. The fraction of sp³-hybridized carbons (Fsp3) is 0.0833. The zero-order valence-corrected chi connectivity index (χ0v) is 7.62. The molecule has 2 aromatic rings. The van der Waals surface area contributed by atoms with Crippen molar-refractivity contribution >= 4 is 17.0 Å². The van der Waals surface area contributed by atoms with Crippen molar-refractivity contribution in [2.75, 3.05) is 0 Å². The molecule has 0 fully saturated rings. The van der Waals surface area contributed by atoms with Crippen molar-refractivity contribution in [1.82, 2.24) is 4.98 Å². The molecular formula is C12H11N. The minimum absolute atomic E-state index is 1.04. The van der Waals surface area contributed by atoms with Crippen LogP contribution in [-0.4, -0.2) is 4.98 Å². The van der Waals surface area contributed by atoms with Crippen LogP contribution in [0.2, 0.25) is 0 Å². The van der Waals surface area contributed by atoms with Gasteiger partial charge in [0.15, 0.2) is 0 Å². The Kier molecular flexibility index (Phi) is 1.85. The van der Waals surface area contributed by atoms with Gasteiger partial charge in [0, 0.05) is 11.1 Å². The van der Waals surface area contributed by atoms with Gasteiger partial charge in [-0.1, -0.05) is 30.9 Å². The summed E-state index contributed by atoms with van der Waals surface area (Å²) in [6.07, 6.45) is 1.84. The van der Waals surface area contributed by atoms with E-state index in [1.165, 1.54) is 5.39 Å². The Morgan fingerprint density at radius 1 is 1.23 bits per heavy atom. The maximum atomic E-state index is 4.44. The lowest BCUT2D eigenvalue weighted by Gasteiger charge is -1.99. The van der Waals surface area contributed by atoms with Crippen LogP contribution >= 0.6 is 0 Å². The summed E-state index contributed by atoms with van der Waals surface area (Å²) in [5.41, 5.74) is 3.21. The van der Waals surface area contributed by atoms with Gasteiger partial charge in [0.05, 0.1) is 5.52 Å². The predicted molar refractivity (Wildman–Crippen MR) is 56.6 cm³/mol. The summed E-state index contributed by atoms with van der Waals surface area (Å²) < 4.78 is 0. The Bertz CT molecular complexity index is 458. The number of hydrogen-bond donors (Lipinski definition) is 0. The summed E-state index contributed by atoms with van der Waals surface area (Å²) in [6.45, 7) is 5.73. The number of nitrogens with zero attached hydrogens (tertiary/aromatic N) is 1. The van der Waals surface area contributed by atoms with Crippen molar-refractivity contribution < 1.29 is 0 Å². The molecule has 13 heavy (non-hydrogen) atoms. The third kappa shape index (κ3) is 1.45. The Hall–Kier alpha value is -1.63. The molecule has 0 radical (unpaired) electrons. The van der Waals surface area contributed by atoms with Crippen LogP contribution in [-0.2, 0) is 0 Å². The third-order valence-corrected chi connectivity index (χ3v) is 2.09. The van der Waals surface area contributed by atoms with Crippen molar-refractivity contribution in [3.05, 3.63) is 48.2 Å². The number of hydrogen-bond acceptors (Lipinski definition) is 1. The highest BCUT2D eigenvalue weighted by atomic mass is 14.7. The van der Waals surface area contributed by atoms with Crippen LogP contribution < -0.4 is 0 Å². The van der Waals surface area contributed by atoms with Gasteiger partial charge in [-0.3, -0.25) is 4.98 Å². The largest absolute Gasteiger partial charge is 0.253 e. The van der Waals surface area contributed by atoms with Crippen LogP contribution in [0.25, 0.3) is 17.0 Å². The summed E-state index contributed by atoms with van der Waals surface area (Å²) in [5.74, 6) is 0. The second-order valence-corrected chi connectivity index (χ2v) is 3.11. The van der Waals surface area contributed by atoms with Crippen molar-refractivity contribution in [3.8, 4) is 0 Å². The van der Waals surface area contributed by atoms with E-state index in [9.17, 15) is 0 Å². The predicted octanol–water partition coefficient (Wildman–Crippen LogP) is 3.19. The maximum absolute atomic E-state index is 4.44. The molecule has 0 saturated carbocycles. The third-order valence-electron chi connectivity index (χ3n) is 2.09. The first kappa shape index (κ1) is 7.99. The highest BCUT2D eigenvalue weighted by Crippen LogP contribution is 2.14. The average molecular weight is 169 g/mol. The summed E-state index contributed by atoms with van der Waals surface area (Å²) in [7, 11) is 0. The fourth-order valence-electron chi connectivity index (χ4n) is 1.36. The fourth-order valence-corrected chi connectivity index (χ4v) is 1.36. The molecule has 0 unspecified atom stereocenters. The molecular weight excluding hydrogens is 158 g/mol. The molecule has 0 spiro atoms. The summed E-state index contributed by atoms with van der Waals surface area (Å²) >= 11 is 0. The van der Waals surface area contributed by atoms with E-state index in [1.54, 1.807) is 0 Å². The van der Waals surface area contributed by atoms with Crippen LogP contribution in [0, 0.1) is 6.92 Å². The number of aromatic nitrogens is 1. The topological polar surface area (TPSA) is 12.9 Å². The van der Waals surface area contributed by atoms with Gasteiger partial charge in [0.2, 0.25) is 0 Å². The van der Waals surface area contributed by atoms with Crippen molar-refractivity contribution in [1.29, 1.82) is 0 Å². The molecule has 0 atom stereocenters. The molecule has 1 heteroatoms. The minimum Gasteiger partial charge on any atom is -0.253 e. The van der Waals surface area contributed by atoms with Crippen LogP contribution in [0.15, 0.2) is 36.9 Å². The molecule has 0 aliphatic carbocycles. The Morgan fingerprint density at radius 3 is 2.77 bits per heavy atom. The molecule has 0 saturated heterocycles. The molecule has 64 valence electrons. The molecule has 1 nitrogen and oxygen atoms in total. The van der Waals surface area contributed by atoms with Crippen LogP contribution in [0.4, 0.5) is 0 Å². The molecule has 1 heterocycles. The first-order valence-corrected chi connectivity index (χ1v) is 4.29. The monoisotopic (exact) mass is 169 g/mol. The number of pyridine rings is 1. The average Bonchev–Trinajstić information content (AvgIpc) is 2.16. The van der Waals surface area contributed by atoms with Gasteiger partial charge in [-0.2, -0.15) is 0 Å². The standard InChI is InChI=1S/C12H11N/c1-3-10-5-7-11-6-4-9(2)13-12(11)8-10/h3-8H,1H2,2H3. The van der Waals surface area contributed by atoms with Gasteiger partial charge >= 0.3 is 0 Å². The van der Waals surface area contributed by atoms with Gasteiger partial charge < -0.3 is 0 Å². The smallest absolute Gasteiger partial charge is 0.0711 e. The lowest BCUT2D eigenvalue weighted by molar-refractivity contribution is 1.25. The molecule has 0 bridgehead atoms. The number of fused-ring (bicyclic) bond motifs is 1. The second-order valence-electron chi connectivity index (χ2n) is 3.11.